The summed E-state index contributed by atoms with van der Waals surface area (Å²) in [5.74, 6) is -1.32. The first kappa shape index (κ1) is 16.8. The molecule has 0 aliphatic heterocycles. The summed E-state index contributed by atoms with van der Waals surface area (Å²) < 4.78 is 4.82. The number of Topliss-reactive ketones (excluding diaryl/α,β-unsaturated/α-hetero) is 1. The van der Waals surface area contributed by atoms with E-state index < -0.39 is 10.9 Å². The van der Waals surface area contributed by atoms with E-state index in [9.17, 15) is 19.7 Å². The smallest absolute Gasteiger partial charge is 0.311 e. The Labute approximate surface area is 122 Å². The Morgan fingerprint density at radius 1 is 1.38 bits per heavy atom. The average Bonchev–Trinajstić information content (AvgIpc) is 2.35. The molecule has 0 spiro atoms. The van der Waals surface area contributed by atoms with Crippen LogP contribution in [-0.2, 0) is 4.79 Å². The summed E-state index contributed by atoms with van der Waals surface area (Å²) in [6, 6.07) is 3.79. The summed E-state index contributed by atoms with van der Waals surface area (Å²) >= 11 is 0. The van der Waals surface area contributed by atoms with Gasteiger partial charge in [-0.2, -0.15) is 0 Å². The molecule has 1 rings (SSSR count). The summed E-state index contributed by atoms with van der Waals surface area (Å²) in [5, 5.41) is 10.9. The van der Waals surface area contributed by atoms with Crippen molar-refractivity contribution in [1.29, 1.82) is 0 Å². The Bertz CT molecular complexity index is 568. The van der Waals surface area contributed by atoms with Gasteiger partial charge in [-0.05, 0) is 26.2 Å². The SMILES string of the molecule is CC(=O)Oc1cc(C(=O)C(C)CN(C)C)ccc1[N+](=O)[O-]. The molecule has 0 aliphatic carbocycles. The molecule has 0 aliphatic rings. The van der Waals surface area contributed by atoms with Crippen LogP contribution in [0.3, 0.4) is 0 Å². The van der Waals surface area contributed by atoms with Crippen molar-refractivity contribution in [2.24, 2.45) is 5.92 Å². The highest BCUT2D eigenvalue weighted by Gasteiger charge is 2.22. The Kier molecular flexibility index (Phi) is 5.54. The highest BCUT2D eigenvalue weighted by molar-refractivity contribution is 5.98. The van der Waals surface area contributed by atoms with Crippen molar-refractivity contribution < 1.29 is 19.2 Å². The van der Waals surface area contributed by atoms with Crippen molar-refractivity contribution in [3.8, 4) is 5.75 Å². The van der Waals surface area contributed by atoms with Crippen LogP contribution in [0.4, 0.5) is 5.69 Å². The third kappa shape index (κ3) is 4.64. The summed E-state index contributed by atoms with van der Waals surface area (Å²) in [4.78, 5) is 35.4. The summed E-state index contributed by atoms with van der Waals surface area (Å²) in [7, 11) is 3.70. The van der Waals surface area contributed by atoms with E-state index in [-0.39, 0.29) is 28.7 Å². The molecule has 7 heteroatoms. The molecule has 0 heterocycles. The second-order valence-electron chi connectivity index (χ2n) is 5.06. The van der Waals surface area contributed by atoms with Gasteiger partial charge >= 0.3 is 11.7 Å². The molecule has 0 aromatic heterocycles. The van der Waals surface area contributed by atoms with Crippen molar-refractivity contribution in [3.05, 3.63) is 33.9 Å². The monoisotopic (exact) mass is 294 g/mol. The van der Waals surface area contributed by atoms with Gasteiger partial charge in [-0.25, -0.2) is 0 Å². The van der Waals surface area contributed by atoms with E-state index in [1.165, 1.54) is 18.2 Å². The van der Waals surface area contributed by atoms with E-state index in [4.69, 9.17) is 4.74 Å². The molecule has 0 amide bonds. The third-order valence-electron chi connectivity index (χ3n) is 2.78. The number of nitro groups is 1. The molecule has 21 heavy (non-hydrogen) atoms. The van der Waals surface area contributed by atoms with Gasteiger partial charge < -0.3 is 9.64 Å². The van der Waals surface area contributed by atoms with E-state index in [1.54, 1.807) is 6.92 Å². The van der Waals surface area contributed by atoms with Crippen LogP contribution in [0, 0.1) is 16.0 Å². The van der Waals surface area contributed by atoms with E-state index >= 15 is 0 Å². The maximum atomic E-state index is 12.3. The molecule has 1 unspecified atom stereocenters. The summed E-state index contributed by atoms with van der Waals surface area (Å²) in [5.41, 5.74) is -0.0618. The highest BCUT2D eigenvalue weighted by atomic mass is 16.6. The standard InChI is InChI=1S/C14H18N2O5/c1-9(8-15(3)4)14(18)11-5-6-12(16(19)20)13(7-11)21-10(2)17/h5-7,9H,8H2,1-4H3. The first-order valence-corrected chi connectivity index (χ1v) is 6.38. The molecule has 0 saturated carbocycles. The molecule has 0 N–H and O–H groups in total. The van der Waals surface area contributed by atoms with Gasteiger partial charge in [-0.1, -0.05) is 6.92 Å². The molecule has 7 nitrogen and oxygen atoms in total. The maximum Gasteiger partial charge on any atom is 0.311 e. The minimum atomic E-state index is -0.677. The van der Waals surface area contributed by atoms with E-state index in [0.29, 0.717) is 6.54 Å². The number of esters is 1. The molecule has 114 valence electrons. The molecule has 1 atom stereocenters. The number of carbonyl (C=O) groups excluding carboxylic acids is 2. The highest BCUT2D eigenvalue weighted by Crippen LogP contribution is 2.29. The number of rotatable bonds is 6. The number of benzene rings is 1. The van der Waals surface area contributed by atoms with Crippen LogP contribution in [0.2, 0.25) is 0 Å². The van der Waals surface area contributed by atoms with Crippen LogP contribution < -0.4 is 4.74 Å². The van der Waals surface area contributed by atoms with Crippen LogP contribution in [0.15, 0.2) is 18.2 Å². The summed E-state index contributed by atoms with van der Waals surface area (Å²) in [6.07, 6.45) is 0. The molecule has 1 aromatic rings. The molecule has 0 radical (unpaired) electrons. The molecule has 0 saturated heterocycles. The van der Waals surface area contributed by atoms with E-state index in [0.717, 1.165) is 6.92 Å². The lowest BCUT2D eigenvalue weighted by molar-refractivity contribution is -0.385. The van der Waals surface area contributed by atoms with Gasteiger partial charge in [0.1, 0.15) is 0 Å². The topological polar surface area (TPSA) is 89.8 Å². The Morgan fingerprint density at radius 2 is 2.00 bits per heavy atom. The lowest BCUT2D eigenvalue weighted by Gasteiger charge is -2.16. The van der Waals surface area contributed by atoms with Gasteiger partial charge in [0.05, 0.1) is 4.92 Å². The second-order valence-corrected chi connectivity index (χ2v) is 5.06. The number of ketones is 1. The van der Waals surface area contributed by atoms with Crippen LogP contribution >= 0.6 is 0 Å². The number of hydrogen-bond acceptors (Lipinski definition) is 6. The van der Waals surface area contributed by atoms with E-state index in [1.807, 2.05) is 19.0 Å². The van der Waals surface area contributed by atoms with Crippen LogP contribution in [0.1, 0.15) is 24.2 Å². The number of ether oxygens (including phenoxy) is 1. The second kappa shape index (κ2) is 6.94. The lowest BCUT2D eigenvalue weighted by atomic mass is 9.98. The fraction of sp³-hybridized carbons (Fsp3) is 0.429. The lowest BCUT2D eigenvalue weighted by Crippen LogP contribution is -2.25. The minimum Gasteiger partial charge on any atom is -0.419 e. The number of hydrogen-bond donors (Lipinski definition) is 0. The van der Waals surface area contributed by atoms with Gasteiger partial charge in [-0.3, -0.25) is 19.7 Å². The fourth-order valence-electron chi connectivity index (χ4n) is 1.97. The van der Waals surface area contributed by atoms with Crippen molar-refractivity contribution in [1.82, 2.24) is 4.90 Å². The third-order valence-corrected chi connectivity index (χ3v) is 2.78. The zero-order valence-electron chi connectivity index (χ0n) is 12.5. The van der Waals surface area contributed by atoms with Gasteiger partial charge in [0.25, 0.3) is 0 Å². The Hall–Kier alpha value is -2.28. The van der Waals surface area contributed by atoms with Gasteiger partial charge in [0.2, 0.25) is 5.75 Å². The predicted octanol–water partition coefficient (Wildman–Crippen LogP) is 1.90. The first-order chi connectivity index (χ1) is 9.72. The number of nitrogens with zero attached hydrogens (tertiary/aromatic N) is 2. The molecular formula is C14H18N2O5. The summed E-state index contributed by atoms with van der Waals surface area (Å²) in [6.45, 7) is 3.47. The van der Waals surface area contributed by atoms with Crippen LogP contribution in [0.25, 0.3) is 0 Å². The zero-order valence-corrected chi connectivity index (χ0v) is 12.5. The van der Waals surface area contributed by atoms with Crippen LogP contribution in [-0.4, -0.2) is 42.2 Å². The molecular weight excluding hydrogens is 276 g/mol. The Morgan fingerprint density at radius 3 is 2.48 bits per heavy atom. The largest absolute Gasteiger partial charge is 0.419 e. The molecule has 0 bridgehead atoms. The van der Waals surface area contributed by atoms with Crippen molar-refractivity contribution in [3.63, 3.8) is 0 Å². The van der Waals surface area contributed by atoms with E-state index in [2.05, 4.69) is 0 Å². The average molecular weight is 294 g/mol. The maximum absolute atomic E-state index is 12.3. The zero-order chi connectivity index (χ0) is 16.2. The van der Waals surface area contributed by atoms with Crippen LogP contribution in [0.5, 0.6) is 5.75 Å². The number of nitro benzene ring substituents is 1. The van der Waals surface area contributed by atoms with Crippen molar-refractivity contribution in [2.75, 3.05) is 20.6 Å². The first-order valence-electron chi connectivity index (χ1n) is 6.38. The van der Waals surface area contributed by atoms with Crippen molar-refractivity contribution in [2.45, 2.75) is 13.8 Å². The van der Waals surface area contributed by atoms with Gasteiger partial charge in [0, 0.05) is 31.0 Å². The van der Waals surface area contributed by atoms with Crippen molar-refractivity contribution >= 4 is 17.4 Å². The molecule has 1 aromatic carbocycles. The normalized spacial score (nSPS) is 12.0. The molecule has 0 fully saturated rings. The minimum absolute atomic E-state index is 0.160. The number of carbonyl (C=O) groups is 2. The Balaban J connectivity index is 3.12. The van der Waals surface area contributed by atoms with Gasteiger partial charge in [-0.15, -0.1) is 0 Å². The van der Waals surface area contributed by atoms with Gasteiger partial charge in [0.15, 0.2) is 5.78 Å². The quantitative estimate of drug-likeness (QED) is 0.262. The predicted molar refractivity (Wildman–Crippen MR) is 76.5 cm³/mol. The fourth-order valence-corrected chi connectivity index (χ4v) is 1.97.